The Kier molecular flexibility index (Phi) is 5.82. The first-order valence-corrected chi connectivity index (χ1v) is 7.70. The van der Waals surface area contributed by atoms with Crippen molar-refractivity contribution in [2.75, 3.05) is 33.7 Å². The molecule has 2 rings (SSSR count). The summed E-state index contributed by atoms with van der Waals surface area (Å²) in [7, 11) is 4.00. The van der Waals surface area contributed by atoms with Crippen LogP contribution in [0, 0.1) is 5.92 Å². The number of nitrogens with zero attached hydrogens (tertiary/aromatic N) is 3. The monoisotopic (exact) mass is 310 g/mol. The Morgan fingerprint density at radius 2 is 2.19 bits per heavy atom. The molecule has 2 heterocycles. The molecule has 0 unspecified atom stereocenters. The Labute approximate surface area is 131 Å². The maximum Gasteiger partial charge on any atom is 0.317 e. The number of hydrogen-bond acceptors (Lipinski definition) is 3. The van der Waals surface area contributed by atoms with E-state index in [0.29, 0.717) is 17.6 Å². The molecule has 2 amide bonds. The van der Waals surface area contributed by atoms with Crippen LogP contribution in [0.2, 0.25) is 5.15 Å². The Bertz CT molecular complexity index is 457. The van der Waals surface area contributed by atoms with Crippen LogP contribution in [0.5, 0.6) is 0 Å². The van der Waals surface area contributed by atoms with E-state index < -0.39 is 0 Å². The van der Waals surface area contributed by atoms with Crippen LogP contribution in [0.4, 0.5) is 4.79 Å². The van der Waals surface area contributed by atoms with Crippen molar-refractivity contribution in [2.45, 2.75) is 19.4 Å². The molecule has 5 nitrogen and oxygen atoms in total. The van der Waals surface area contributed by atoms with Crippen molar-refractivity contribution in [3.63, 3.8) is 0 Å². The van der Waals surface area contributed by atoms with Crippen LogP contribution in [0.3, 0.4) is 0 Å². The minimum atomic E-state index is -0.0381. The van der Waals surface area contributed by atoms with Gasteiger partial charge in [-0.25, -0.2) is 9.78 Å². The lowest BCUT2D eigenvalue weighted by Gasteiger charge is -2.31. The van der Waals surface area contributed by atoms with E-state index in [9.17, 15) is 4.79 Å². The van der Waals surface area contributed by atoms with E-state index in [1.54, 1.807) is 17.2 Å². The first-order valence-electron chi connectivity index (χ1n) is 7.32. The lowest BCUT2D eigenvalue weighted by atomic mass is 9.97. The fraction of sp³-hybridized carbons (Fsp3) is 0.600. The van der Waals surface area contributed by atoms with Gasteiger partial charge in [0.15, 0.2) is 0 Å². The molecule has 0 aromatic carbocycles. The van der Waals surface area contributed by atoms with E-state index in [1.165, 1.54) is 0 Å². The van der Waals surface area contributed by atoms with Gasteiger partial charge in [0.1, 0.15) is 5.15 Å². The molecule has 0 saturated carbocycles. The summed E-state index contributed by atoms with van der Waals surface area (Å²) in [6, 6.07) is 3.56. The molecule has 1 N–H and O–H groups in total. The van der Waals surface area contributed by atoms with Crippen LogP contribution in [0.1, 0.15) is 18.4 Å². The third kappa shape index (κ3) is 5.17. The summed E-state index contributed by atoms with van der Waals surface area (Å²) in [5.74, 6) is 0.606. The summed E-state index contributed by atoms with van der Waals surface area (Å²) in [6.45, 7) is 3.53. The number of rotatable bonds is 4. The average Bonchev–Trinajstić information content (AvgIpc) is 2.48. The molecule has 21 heavy (non-hydrogen) atoms. The minimum absolute atomic E-state index is 0.0381. The Hall–Kier alpha value is -1.33. The van der Waals surface area contributed by atoms with Gasteiger partial charge in [0.05, 0.1) is 0 Å². The van der Waals surface area contributed by atoms with E-state index in [2.05, 4.69) is 22.2 Å². The first kappa shape index (κ1) is 16.0. The second kappa shape index (κ2) is 7.61. The third-order valence-electron chi connectivity index (χ3n) is 3.95. The summed E-state index contributed by atoms with van der Waals surface area (Å²) in [6.07, 6.45) is 4.00. The first-order chi connectivity index (χ1) is 10.0. The molecule has 0 spiro atoms. The van der Waals surface area contributed by atoms with Gasteiger partial charge in [0.25, 0.3) is 0 Å². The molecule has 1 fully saturated rings. The van der Waals surface area contributed by atoms with Gasteiger partial charge < -0.3 is 15.1 Å². The highest BCUT2D eigenvalue weighted by molar-refractivity contribution is 6.29. The van der Waals surface area contributed by atoms with Gasteiger partial charge in [-0.05, 0) is 50.5 Å². The second-order valence-corrected chi connectivity index (χ2v) is 6.16. The van der Waals surface area contributed by atoms with Gasteiger partial charge >= 0.3 is 6.03 Å². The number of piperidine rings is 1. The predicted molar refractivity (Wildman–Crippen MR) is 84.3 cm³/mol. The number of hydrogen-bond donors (Lipinski definition) is 1. The van der Waals surface area contributed by atoms with Crippen molar-refractivity contribution in [2.24, 2.45) is 5.92 Å². The smallest absolute Gasteiger partial charge is 0.317 e. The van der Waals surface area contributed by atoms with Gasteiger partial charge in [-0.1, -0.05) is 17.7 Å². The number of aromatic nitrogens is 1. The van der Waals surface area contributed by atoms with Crippen molar-refractivity contribution < 1.29 is 4.79 Å². The molecule has 1 aliphatic heterocycles. The highest BCUT2D eigenvalue weighted by atomic mass is 35.5. The fourth-order valence-electron chi connectivity index (χ4n) is 2.54. The zero-order valence-corrected chi connectivity index (χ0v) is 13.4. The molecule has 0 radical (unpaired) electrons. The molecular weight excluding hydrogens is 288 g/mol. The number of pyridine rings is 1. The zero-order valence-electron chi connectivity index (χ0n) is 12.7. The van der Waals surface area contributed by atoms with E-state index in [4.69, 9.17) is 11.6 Å². The number of urea groups is 1. The topological polar surface area (TPSA) is 48.5 Å². The van der Waals surface area contributed by atoms with Crippen LogP contribution >= 0.6 is 11.6 Å². The fourth-order valence-corrected chi connectivity index (χ4v) is 2.65. The van der Waals surface area contributed by atoms with Gasteiger partial charge in [-0.3, -0.25) is 0 Å². The highest BCUT2D eigenvalue weighted by Crippen LogP contribution is 2.16. The largest absolute Gasteiger partial charge is 0.334 e. The average molecular weight is 311 g/mol. The summed E-state index contributed by atoms with van der Waals surface area (Å²) in [5, 5.41) is 3.37. The molecule has 1 aliphatic rings. The second-order valence-electron chi connectivity index (χ2n) is 5.78. The number of carbonyl (C=O) groups excluding carboxylic acids is 1. The molecule has 0 atom stereocenters. The van der Waals surface area contributed by atoms with Crippen LogP contribution in [0.15, 0.2) is 18.3 Å². The van der Waals surface area contributed by atoms with Gasteiger partial charge in [0.2, 0.25) is 0 Å². The Morgan fingerprint density at radius 3 is 2.81 bits per heavy atom. The summed E-state index contributed by atoms with van der Waals surface area (Å²) >= 11 is 5.73. The minimum Gasteiger partial charge on any atom is -0.334 e. The molecule has 1 aromatic rings. The van der Waals surface area contributed by atoms with Crippen LogP contribution < -0.4 is 5.32 Å². The lowest BCUT2D eigenvalue weighted by molar-refractivity contribution is 0.170. The maximum atomic E-state index is 12.1. The van der Waals surface area contributed by atoms with Crippen molar-refractivity contribution in [3.8, 4) is 0 Å². The quantitative estimate of drug-likeness (QED) is 0.868. The third-order valence-corrected chi connectivity index (χ3v) is 4.17. The lowest BCUT2D eigenvalue weighted by Crippen LogP contribution is -2.42. The van der Waals surface area contributed by atoms with Crippen LogP contribution in [-0.4, -0.2) is 54.5 Å². The molecule has 6 heteroatoms. The van der Waals surface area contributed by atoms with E-state index in [1.807, 2.05) is 13.1 Å². The molecule has 1 saturated heterocycles. The molecule has 0 bridgehead atoms. The number of amides is 2. The zero-order chi connectivity index (χ0) is 15.2. The van der Waals surface area contributed by atoms with E-state index in [-0.39, 0.29) is 6.03 Å². The summed E-state index contributed by atoms with van der Waals surface area (Å²) in [4.78, 5) is 20.2. The van der Waals surface area contributed by atoms with Gasteiger partial charge in [0, 0.05) is 26.3 Å². The predicted octanol–water partition coefficient (Wildman–Crippen LogP) is 2.22. The Morgan fingerprint density at radius 1 is 1.48 bits per heavy atom. The Balaban J connectivity index is 1.73. The van der Waals surface area contributed by atoms with E-state index in [0.717, 1.165) is 38.0 Å². The number of likely N-dealkylation sites (tertiary alicyclic amines) is 1. The molecule has 116 valence electrons. The standard InChI is InChI=1S/C15H23ClN4O/c1-19-7-5-12(6-8-19)11-20(2)15(21)18-10-13-3-4-14(16)17-9-13/h3-4,9,12H,5-8,10-11H2,1-2H3,(H,18,21). The molecular formula is C15H23ClN4O. The highest BCUT2D eigenvalue weighted by Gasteiger charge is 2.20. The normalized spacial score (nSPS) is 16.7. The SMILES string of the molecule is CN1CCC(CN(C)C(=O)NCc2ccc(Cl)nc2)CC1. The summed E-state index contributed by atoms with van der Waals surface area (Å²) < 4.78 is 0. The van der Waals surface area contributed by atoms with Crippen molar-refractivity contribution in [3.05, 3.63) is 29.0 Å². The number of halogens is 1. The van der Waals surface area contributed by atoms with Crippen LogP contribution in [-0.2, 0) is 6.54 Å². The number of nitrogens with one attached hydrogen (secondary N) is 1. The molecule has 0 aliphatic carbocycles. The van der Waals surface area contributed by atoms with Crippen molar-refractivity contribution in [1.29, 1.82) is 0 Å². The van der Waals surface area contributed by atoms with Gasteiger partial charge in [-0.2, -0.15) is 0 Å². The maximum absolute atomic E-state index is 12.1. The number of carbonyl (C=O) groups is 1. The van der Waals surface area contributed by atoms with E-state index >= 15 is 0 Å². The van der Waals surface area contributed by atoms with Crippen LogP contribution in [0.25, 0.3) is 0 Å². The molecule has 1 aromatic heterocycles. The van der Waals surface area contributed by atoms with Gasteiger partial charge in [-0.15, -0.1) is 0 Å². The summed E-state index contributed by atoms with van der Waals surface area (Å²) in [5.41, 5.74) is 0.945. The van der Waals surface area contributed by atoms with Crippen molar-refractivity contribution >= 4 is 17.6 Å². The van der Waals surface area contributed by atoms with Crippen molar-refractivity contribution in [1.82, 2.24) is 20.1 Å².